The molecule has 0 bridgehead atoms. The Morgan fingerprint density at radius 2 is 2.04 bits per heavy atom. The highest BCUT2D eigenvalue weighted by atomic mass is 16.3. The molecule has 132 valence electrons. The van der Waals surface area contributed by atoms with Crippen molar-refractivity contribution in [2.75, 3.05) is 11.9 Å². The van der Waals surface area contributed by atoms with Gasteiger partial charge in [-0.25, -0.2) is 15.3 Å². The van der Waals surface area contributed by atoms with E-state index in [9.17, 15) is 19.5 Å². The highest BCUT2D eigenvalue weighted by Crippen LogP contribution is 2.25. The number of carbonyl (C=O) groups excluding carboxylic acids is 1. The number of aromatic amines is 2. The summed E-state index contributed by atoms with van der Waals surface area (Å²) in [5, 5.41) is 23.5. The van der Waals surface area contributed by atoms with Crippen LogP contribution in [0.25, 0.3) is 10.8 Å². The lowest BCUT2D eigenvalue weighted by molar-refractivity contribution is -0.119. The third kappa shape index (κ3) is 3.75. The second-order valence-corrected chi connectivity index (χ2v) is 5.22. The van der Waals surface area contributed by atoms with Crippen LogP contribution >= 0.6 is 0 Å². The van der Waals surface area contributed by atoms with E-state index in [2.05, 4.69) is 20.9 Å². The zero-order chi connectivity index (χ0) is 18.5. The number of phenols is 1. The van der Waals surface area contributed by atoms with E-state index in [1.54, 1.807) is 12.1 Å². The fraction of sp³-hybridized carbons (Fsp3) is 0.0625. The number of fused-ring (bicyclic) bond motifs is 1. The number of H-pyrrole nitrogens is 2. The molecule has 0 aliphatic carbocycles. The fourth-order valence-electron chi connectivity index (χ4n) is 2.26. The van der Waals surface area contributed by atoms with Gasteiger partial charge in [-0.3, -0.25) is 14.6 Å². The number of anilines is 1. The van der Waals surface area contributed by atoms with Gasteiger partial charge >= 0.3 is 5.69 Å². The molecule has 0 aliphatic rings. The van der Waals surface area contributed by atoms with Crippen LogP contribution < -0.4 is 22.0 Å². The molecule has 0 atom stereocenters. The van der Waals surface area contributed by atoms with Crippen LogP contribution in [0.3, 0.4) is 0 Å². The lowest BCUT2D eigenvalue weighted by Gasteiger charge is -2.05. The number of aromatic nitrogens is 3. The number of benzene rings is 2. The Hall–Kier alpha value is -3.95. The Morgan fingerprint density at radius 3 is 2.85 bits per heavy atom. The predicted octanol–water partition coefficient (Wildman–Crippen LogP) is -0.121. The zero-order valence-electron chi connectivity index (χ0n) is 13.3. The average molecular weight is 354 g/mol. The molecule has 10 heteroatoms. The smallest absolute Gasteiger partial charge is 0.342 e. The Balaban J connectivity index is 1.65. The largest absolute Gasteiger partial charge is 0.507 e. The number of hydrogen-bond acceptors (Lipinski definition) is 7. The van der Waals surface area contributed by atoms with Gasteiger partial charge in [0.25, 0.3) is 11.5 Å². The van der Waals surface area contributed by atoms with Crippen LogP contribution in [0.1, 0.15) is 5.56 Å². The van der Waals surface area contributed by atoms with Gasteiger partial charge in [0.15, 0.2) is 0 Å². The van der Waals surface area contributed by atoms with Crippen LogP contribution in [0.5, 0.6) is 5.75 Å². The molecule has 1 aromatic heterocycles. The molecule has 10 nitrogen and oxygen atoms in total. The molecule has 3 rings (SSSR count). The van der Waals surface area contributed by atoms with E-state index in [4.69, 9.17) is 0 Å². The Labute approximate surface area is 145 Å². The van der Waals surface area contributed by atoms with E-state index >= 15 is 0 Å². The van der Waals surface area contributed by atoms with E-state index in [-0.39, 0.29) is 18.1 Å². The lowest BCUT2D eigenvalue weighted by Crippen LogP contribution is -2.31. The summed E-state index contributed by atoms with van der Waals surface area (Å²) in [6, 6.07) is 10.7. The molecule has 0 fully saturated rings. The van der Waals surface area contributed by atoms with Gasteiger partial charge in [0.2, 0.25) is 5.82 Å². The zero-order valence-corrected chi connectivity index (χ0v) is 13.3. The molecule has 2 aromatic carbocycles. The monoisotopic (exact) mass is 354 g/mol. The van der Waals surface area contributed by atoms with Crippen molar-refractivity contribution in [2.24, 2.45) is 5.10 Å². The molecular weight excluding hydrogens is 340 g/mol. The molecule has 0 spiro atoms. The summed E-state index contributed by atoms with van der Waals surface area (Å²) in [4.78, 5) is 36.0. The third-order valence-electron chi connectivity index (χ3n) is 3.46. The van der Waals surface area contributed by atoms with E-state index in [1.807, 2.05) is 34.3 Å². The van der Waals surface area contributed by atoms with E-state index < -0.39 is 17.2 Å². The van der Waals surface area contributed by atoms with Gasteiger partial charge in [-0.15, -0.1) is 5.10 Å². The molecule has 0 aliphatic heterocycles. The van der Waals surface area contributed by atoms with Gasteiger partial charge < -0.3 is 10.4 Å². The first-order valence-corrected chi connectivity index (χ1v) is 7.50. The van der Waals surface area contributed by atoms with Crippen LogP contribution in [0.2, 0.25) is 0 Å². The average Bonchev–Trinajstić information content (AvgIpc) is 2.63. The van der Waals surface area contributed by atoms with Crippen LogP contribution in [0.4, 0.5) is 5.82 Å². The van der Waals surface area contributed by atoms with Gasteiger partial charge in [-0.05, 0) is 16.8 Å². The molecule has 0 radical (unpaired) electrons. The number of nitrogens with one attached hydrogen (secondary N) is 4. The first kappa shape index (κ1) is 16.9. The topological polar surface area (TPSA) is 152 Å². The van der Waals surface area contributed by atoms with Gasteiger partial charge in [0, 0.05) is 5.56 Å². The number of aromatic hydroxyl groups is 1. The van der Waals surface area contributed by atoms with Crippen molar-refractivity contribution in [1.82, 2.24) is 20.6 Å². The molecular formula is C16H14N6O4. The van der Waals surface area contributed by atoms with Crippen LogP contribution in [-0.4, -0.2) is 39.0 Å². The number of rotatable bonds is 5. The summed E-state index contributed by atoms with van der Waals surface area (Å²) in [6.07, 6.45) is 1.33. The molecule has 3 aromatic rings. The van der Waals surface area contributed by atoms with Crippen molar-refractivity contribution >= 4 is 28.7 Å². The van der Waals surface area contributed by atoms with Gasteiger partial charge in [-0.2, -0.15) is 5.10 Å². The van der Waals surface area contributed by atoms with Crippen LogP contribution in [0.15, 0.2) is 51.1 Å². The Morgan fingerprint density at radius 1 is 1.23 bits per heavy atom. The maximum atomic E-state index is 11.8. The van der Waals surface area contributed by atoms with Crippen molar-refractivity contribution in [2.45, 2.75) is 0 Å². The summed E-state index contributed by atoms with van der Waals surface area (Å²) in [5.41, 5.74) is 1.25. The number of carbonyl (C=O) groups is 1. The van der Waals surface area contributed by atoms with Gasteiger partial charge in [0.1, 0.15) is 5.75 Å². The number of hydrogen-bond donors (Lipinski definition) is 5. The molecule has 5 N–H and O–H groups in total. The molecule has 0 saturated carbocycles. The number of hydrazone groups is 1. The van der Waals surface area contributed by atoms with Gasteiger partial charge in [-0.1, -0.05) is 30.3 Å². The number of phenolic OH excluding ortho intramolecular Hbond substituents is 1. The van der Waals surface area contributed by atoms with Crippen LogP contribution in [0, 0.1) is 0 Å². The maximum absolute atomic E-state index is 11.8. The predicted molar refractivity (Wildman–Crippen MR) is 95.3 cm³/mol. The first-order valence-electron chi connectivity index (χ1n) is 7.50. The quantitative estimate of drug-likeness (QED) is 0.318. The Kier molecular flexibility index (Phi) is 4.74. The lowest BCUT2D eigenvalue weighted by atomic mass is 10.0. The molecule has 0 saturated heterocycles. The van der Waals surface area contributed by atoms with Crippen molar-refractivity contribution in [1.29, 1.82) is 0 Å². The summed E-state index contributed by atoms with van der Waals surface area (Å²) >= 11 is 0. The van der Waals surface area contributed by atoms with E-state index in [0.717, 1.165) is 10.8 Å². The molecule has 0 unspecified atom stereocenters. The molecule has 1 heterocycles. The minimum atomic E-state index is -0.746. The van der Waals surface area contributed by atoms with Crippen molar-refractivity contribution in [3.05, 3.63) is 62.8 Å². The van der Waals surface area contributed by atoms with E-state index in [1.165, 1.54) is 6.21 Å². The molecule has 26 heavy (non-hydrogen) atoms. The number of amides is 1. The minimum absolute atomic E-state index is 0.0313. The second-order valence-electron chi connectivity index (χ2n) is 5.22. The summed E-state index contributed by atoms with van der Waals surface area (Å²) in [7, 11) is 0. The highest BCUT2D eigenvalue weighted by molar-refractivity contribution is 6.02. The summed E-state index contributed by atoms with van der Waals surface area (Å²) in [6.45, 7) is -0.291. The molecule has 1 amide bonds. The number of nitrogens with zero attached hydrogens (tertiary/aromatic N) is 2. The van der Waals surface area contributed by atoms with E-state index in [0.29, 0.717) is 5.56 Å². The van der Waals surface area contributed by atoms with Crippen molar-refractivity contribution in [3.63, 3.8) is 0 Å². The van der Waals surface area contributed by atoms with Crippen LogP contribution in [-0.2, 0) is 4.79 Å². The summed E-state index contributed by atoms with van der Waals surface area (Å²) < 4.78 is 0. The Bertz CT molecular complexity index is 1100. The van der Waals surface area contributed by atoms with Crippen molar-refractivity contribution < 1.29 is 9.90 Å². The normalized spacial score (nSPS) is 10.9. The first-order chi connectivity index (χ1) is 12.5. The highest BCUT2D eigenvalue weighted by Gasteiger charge is 2.06. The second kappa shape index (κ2) is 7.30. The van der Waals surface area contributed by atoms with Gasteiger partial charge in [0.05, 0.1) is 12.8 Å². The summed E-state index contributed by atoms with van der Waals surface area (Å²) in [5.74, 6) is -0.715. The fourth-order valence-corrected chi connectivity index (χ4v) is 2.26. The third-order valence-corrected chi connectivity index (χ3v) is 3.46. The SMILES string of the molecule is O=C(CNc1n[nH]c(=O)[nH]c1=O)N/N=C/c1c(O)ccc2ccccc12. The maximum Gasteiger partial charge on any atom is 0.342 e. The van der Waals surface area contributed by atoms with Crippen molar-refractivity contribution in [3.8, 4) is 5.75 Å². The standard InChI is InChI=1S/C16H14N6O4/c23-12-6-5-9-3-1-2-4-10(9)11(12)7-18-20-13(24)8-17-14-15(25)19-16(26)22-21-14/h1-7,23H,8H2,(H,17,21)(H,20,24)(H2,19,22,25,26)/b18-7+. The minimum Gasteiger partial charge on any atom is -0.507 e.